The Morgan fingerprint density at radius 3 is 2.85 bits per heavy atom. The summed E-state index contributed by atoms with van der Waals surface area (Å²) in [6.45, 7) is 3.68. The predicted octanol–water partition coefficient (Wildman–Crippen LogP) is -0.981. The van der Waals surface area contributed by atoms with Gasteiger partial charge in [0.15, 0.2) is 0 Å². The van der Waals surface area contributed by atoms with Crippen molar-refractivity contribution < 1.29 is 0 Å². The molecular formula is C12H18N6O2. The maximum absolute atomic E-state index is 12.2. The molecule has 0 spiro atoms. The molecule has 0 unspecified atom stereocenters. The molecule has 0 amide bonds. The number of nitrogens with zero attached hydrogens (tertiary/aromatic N) is 5. The van der Waals surface area contributed by atoms with Crippen LogP contribution in [0.2, 0.25) is 0 Å². The van der Waals surface area contributed by atoms with E-state index < -0.39 is 0 Å². The predicted molar refractivity (Wildman–Crippen MR) is 73.4 cm³/mol. The minimum Gasteiger partial charge on any atom is -0.330 e. The fourth-order valence-corrected chi connectivity index (χ4v) is 1.96. The van der Waals surface area contributed by atoms with E-state index in [0.717, 1.165) is 0 Å². The van der Waals surface area contributed by atoms with E-state index in [9.17, 15) is 9.59 Å². The molecule has 0 aliphatic rings. The van der Waals surface area contributed by atoms with Crippen molar-refractivity contribution >= 4 is 0 Å². The van der Waals surface area contributed by atoms with E-state index in [1.807, 2.05) is 6.92 Å². The second kappa shape index (κ2) is 6.29. The van der Waals surface area contributed by atoms with Crippen molar-refractivity contribution in [2.75, 3.05) is 6.54 Å². The third kappa shape index (κ3) is 2.85. The Kier molecular flexibility index (Phi) is 4.46. The van der Waals surface area contributed by atoms with Crippen LogP contribution in [-0.2, 0) is 19.6 Å². The van der Waals surface area contributed by atoms with Crippen LogP contribution in [0.4, 0.5) is 0 Å². The molecular weight excluding hydrogens is 260 g/mol. The van der Waals surface area contributed by atoms with Crippen LogP contribution in [0.25, 0.3) is 0 Å². The molecule has 0 fully saturated rings. The van der Waals surface area contributed by atoms with Gasteiger partial charge in [-0.25, -0.2) is 14.5 Å². The molecule has 108 valence electrons. The smallest absolute Gasteiger partial charge is 0.330 e. The molecule has 2 aromatic heterocycles. The maximum atomic E-state index is 12.2. The third-order valence-electron chi connectivity index (χ3n) is 3.03. The van der Waals surface area contributed by atoms with E-state index >= 15 is 0 Å². The highest BCUT2D eigenvalue weighted by Gasteiger charge is 2.08. The molecule has 0 saturated carbocycles. The lowest BCUT2D eigenvalue weighted by Crippen LogP contribution is -2.39. The molecule has 0 aliphatic carbocycles. The molecule has 0 atom stereocenters. The minimum absolute atomic E-state index is 0.287. The van der Waals surface area contributed by atoms with Gasteiger partial charge in [-0.05, 0) is 19.9 Å². The summed E-state index contributed by atoms with van der Waals surface area (Å²) in [5.74, 6) is 0.679. The lowest BCUT2D eigenvalue weighted by molar-refractivity contribution is 0.531. The first-order chi connectivity index (χ1) is 9.67. The number of hydrogen-bond acceptors (Lipinski definition) is 5. The van der Waals surface area contributed by atoms with Crippen molar-refractivity contribution in [3.8, 4) is 0 Å². The molecule has 2 heterocycles. The van der Waals surface area contributed by atoms with Crippen LogP contribution in [0.1, 0.15) is 19.2 Å². The van der Waals surface area contributed by atoms with E-state index in [-0.39, 0.29) is 17.8 Å². The SMILES string of the molecule is CCn1ncnc1Cn1ccc(=O)n(CCCN)c1=O. The molecule has 0 saturated heterocycles. The van der Waals surface area contributed by atoms with Crippen LogP contribution in [0.15, 0.2) is 28.2 Å². The van der Waals surface area contributed by atoms with Crippen LogP contribution in [0.5, 0.6) is 0 Å². The second-order valence-corrected chi connectivity index (χ2v) is 4.35. The summed E-state index contributed by atoms with van der Waals surface area (Å²) in [5, 5.41) is 4.06. The highest BCUT2D eigenvalue weighted by atomic mass is 16.2. The second-order valence-electron chi connectivity index (χ2n) is 4.35. The van der Waals surface area contributed by atoms with Gasteiger partial charge in [0, 0.05) is 25.4 Å². The normalized spacial score (nSPS) is 10.9. The Balaban J connectivity index is 2.33. The molecule has 20 heavy (non-hydrogen) atoms. The van der Waals surface area contributed by atoms with Crippen molar-refractivity contribution in [3.05, 3.63) is 45.3 Å². The molecule has 2 aromatic rings. The van der Waals surface area contributed by atoms with E-state index in [0.29, 0.717) is 31.9 Å². The van der Waals surface area contributed by atoms with Crippen molar-refractivity contribution in [2.24, 2.45) is 5.73 Å². The molecule has 2 rings (SSSR count). The molecule has 0 bridgehead atoms. The monoisotopic (exact) mass is 278 g/mol. The van der Waals surface area contributed by atoms with E-state index in [1.54, 1.807) is 4.68 Å². The zero-order chi connectivity index (χ0) is 14.5. The zero-order valence-corrected chi connectivity index (χ0v) is 11.4. The average molecular weight is 278 g/mol. The zero-order valence-electron chi connectivity index (χ0n) is 11.4. The summed E-state index contributed by atoms with van der Waals surface area (Å²) in [5.41, 5.74) is 4.76. The van der Waals surface area contributed by atoms with Crippen molar-refractivity contribution in [3.63, 3.8) is 0 Å². The molecule has 0 aliphatic heterocycles. The lowest BCUT2D eigenvalue weighted by atomic mass is 10.4. The standard InChI is InChI=1S/C12H18N6O2/c1-2-18-10(14-9-15-18)8-16-7-4-11(19)17(12(16)20)6-3-5-13/h4,7,9H,2-3,5-6,8,13H2,1H3. The van der Waals surface area contributed by atoms with Gasteiger partial charge in [-0.2, -0.15) is 5.10 Å². The topological polar surface area (TPSA) is 101 Å². The maximum Gasteiger partial charge on any atom is 0.331 e. The molecule has 0 radical (unpaired) electrons. The van der Waals surface area contributed by atoms with Gasteiger partial charge in [0.1, 0.15) is 12.2 Å². The first-order valence-corrected chi connectivity index (χ1v) is 6.54. The molecule has 2 N–H and O–H groups in total. The summed E-state index contributed by atoms with van der Waals surface area (Å²) in [6.07, 6.45) is 3.52. The molecule has 8 nitrogen and oxygen atoms in total. The Labute approximate surface area is 115 Å². The van der Waals surface area contributed by atoms with Crippen molar-refractivity contribution in [1.82, 2.24) is 23.9 Å². The Morgan fingerprint density at radius 1 is 1.35 bits per heavy atom. The largest absolute Gasteiger partial charge is 0.331 e. The number of rotatable bonds is 6. The van der Waals surface area contributed by atoms with Gasteiger partial charge in [0.2, 0.25) is 0 Å². The van der Waals surface area contributed by atoms with Gasteiger partial charge in [-0.3, -0.25) is 13.9 Å². The van der Waals surface area contributed by atoms with Crippen LogP contribution >= 0.6 is 0 Å². The summed E-state index contributed by atoms with van der Waals surface area (Å²) < 4.78 is 4.36. The van der Waals surface area contributed by atoms with Crippen LogP contribution < -0.4 is 17.0 Å². The van der Waals surface area contributed by atoms with Crippen LogP contribution in [0.3, 0.4) is 0 Å². The number of aryl methyl sites for hydroxylation is 1. The van der Waals surface area contributed by atoms with Crippen molar-refractivity contribution in [1.29, 1.82) is 0 Å². The lowest BCUT2D eigenvalue weighted by Gasteiger charge is -2.09. The molecule has 8 heteroatoms. The highest BCUT2D eigenvalue weighted by molar-refractivity contribution is 4.92. The van der Waals surface area contributed by atoms with Gasteiger partial charge < -0.3 is 5.73 Å². The van der Waals surface area contributed by atoms with Crippen molar-refractivity contribution in [2.45, 2.75) is 33.0 Å². The summed E-state index contributed by atoms with van der Waals surface area (Å²) >= 11 is 0. The first-order valence-electron chi connectivity index (χ1n) is 6.54. The highest BCUT2D eigenvalue weighted by Crippen LogP contribution is 1.96. The van der Waals surface area contributed by atoms with Gasteiger partial charge in [0.05, 0.1) is 6.54 Å². The number of nitrogens with two attached hydrogens (primary N) is 1. The van der Waals surface area contributed by atoms with E-state index in [4.69, 9.17) is 5.73 Å². The Morgan fingerprint density at radius 2 is 2.15 bits per heavy atom. The van der Waals surface area contributed by atoms with E-state index in [2.05, 4.69) is 10.1 Å². The van der Waals surface area contributed by atoms with E-state index in [1.165, 1.54) is 27.7 Å². The third-order valence-corrected chi connectivity index (χ3v) is 3.03. The molecule has 0 aromatic carbocycles. The quantitative estimate of drug-likeness (QED) is 0.732. The number of aromatic nitrogens is 5. The van der Waals surface area contributed by atoms with Gasteiger partial charge in [-0.15, -0.1) is 0 Å². The summed E-state index contributed by atoms with van der Waals surface area (Å²) in [7, 11) is 0. The van der Waals surface area contributed by atoms with Gasteiger partial charge in [0.25, 0.3) is 5.56 Å². The fraction of sp³-hybridized carbons (Fsp3) is 0.500. The fourth-order valence-electron chi connectivity index (χ4n) is 1.96. The van der Waals surface area contributed by atoms with Crippen LogP contribution in [-0.4, -0.2) is 30.4 Å². The average Bonchev–Trinajstić information content (AvgIpc) is 2.89. The van der Waals surface area contributed by atoms with Crippen LogP contribution in [0, 0.1) is 0 Å². The summed E-state index contributed by atoms with van der Waals surface area (Å²) in [6, 6.07) is 1.38. The Hall–Kier alpha value is -2.22. The Bertz CT molecular complexity index is 684. The number of hydrogen-bond donors (Lipinski definition) is 1. The van der Waals surface area contributed by atoms with Gasteiger partial charge >= 0.3 is 5.69 Å². The summed E-state index contributed by atoms with van der Waals surface area (Å²) in [4.78, 5) is 28.1. The minimum atomic E-state index is -0.350. The van der Waals surface area contributed by atoms with Gasteiger partial charge in [-0.1, -0.05) is 0 Å². The first kappa shape index (κ1) is 14.2.